The van der Waals surface area contributed by atoms with Gasteiger partial charge in [-0.05, 0) is 51.0 Å². The van der Waals surface area contributed by atoms with Gasteiger partial charge in [0.15, 0.2) is 0 Å². The molecular formula is C22H34N4O4S. The minimum absolute atomic E-state index is 0.0886. The summed E-state index contributed by atoms with van der Waals surface area (Å²) in [4.78, 5) is 32.4. The largest absolute Gasteiger partial charge is 0.356 e. The molecule has 0 aliphatic carbocycles. The van der Waals surface area contributed by atoms with Crippen molar-refractivity contribution in [2.24, 2.45) is 5.92 Å². The second kappa shape index (κ2) is 9.73. The number of nitrogens with one attached hydrogen (secondary N) is 1. The van der Waals surface area contributed by atoms with E-state index >= 15 is 0 Å². The fourth-order valence-electron chi connectivity index (χ4n) is 4.97. The zero-order valence-corrected chi connectivity index (χ0v) is 19.0. The molecule has 3 aliphatic heterocycles. The zero-order valence-electron chi connectivity index (χ0n) is 18.2. The molecule has 3 fully saturated rings. The molecule has 172 valence electrons. The molecule has 1 atom stereocenters. The Morgan fingerprint density at radius 2 is 1.45 bits per heavy atom. The Morgan fingerprint density at radius 1 is 0.839 bits per heavy atom. The molecule has 0 radical (unpaired) electrons. The first kappa shape index (κ1) is 22.3. The molecule has 4 heterocycles. The lowest BCUT2D eigenvalue weighted by atomic mass is 9.97. The lowest BCUT2D eigenvalue weighted by Gasteiger charge is -2.35. The highest BCUT2D eigenvalue weighted by Gasteiger charge is 2.36. The number of H-pyrrole nitrogens is 1. The number of hydrogen-bond donors (Lipinski definition) is 1. The molecule has 8 nitrogen and oxygen atoms in total. The molecule has 1 aromatic heterocycles. The normalized spacial score (nSPS) is 24.1. The third-order valence-corrected chi connectivity index (χ3v) is 8.66. The van der Waals surface area contributed by atoms with Gasteiger partial charge < -0.3 is 14.8 Å². The van der Waals surface area contributed by atoms with Crippen LogP contribution >= 0.6 is 0 Å². The van der Waals surface area contributed by atoms with Crippen molar-refractivity contribution in [3.05, 3.63) is 18.0 Å². The highest BCUT2D eigenvalue weighted by Crippen LogP contribution is 2.27. The predicted molar refractivity (Wildman–Crippen MR) is 117 cm³/mol. The second-order valence-electron chi connectivity index (χ2n) is 9.04. The summed E-state index contributed by atoms with van der Waals surface area (Å²) in [5.74, 6) is -0.329. The standard InChI is InChI=1S/C22H34N4O4S/c27-21(24-10-6-3-7-11-24)18-9-8-14-26(17-18)31(29,30)19-15-20(23-16-19)22(28)25-12-4-1-2-5-13-25/h15-16,18,23H,1-14,17H2. The molecule has 31 heavy (non-hydrogen) atoms. The Kier molecular flexibility index (Phi) is 7.01. The van der Waals surface area contributed by atoms with Gasteiger partial charge in [0, 0.05) is 45.5 Å². The van der Waals surface area contributed by atoms with Crippen LogP contribution in [0.3, 0.4) is 0 Å². The van der Waals surface area contributed by atoms with E-state index in [-0.39, 0.29) is 29.2 Å². The van der Waals surface area contributed by atoms with Crippen LogP contribution in [0.5, 0.6) is 0 Å². The van der Waals surface area contributed by atoms with Crippen molar-refractivity contribution in [1.82, 2.24) is 19.1 Å². The molecule has 0 spiro atoms. The molecule has 2 amide bonds. The number of carbonyl (C=O) groups is 2. The van der Waals surface area contributed by atoms with Gasteiger partial charge in [-0.2, -0.15) is 4.31 Å². The molecule has 3 saturated heterocycles. The van der Waals surface area contributed by atoms with Gasteiger partial charge in [-0.1, -0.05) is 12.8 Å². The average Bonchev–Trinajstić information content (AvgIpc) is 3.16. The smallest absolute Gasteiger partial charge is 0.270 e. The SMILES string of the molecule is O=C(c1cc(S(=O)(=O)N2CCCC(C(=O)N3CCCCC3)C2)c[nH]1)N1CCCCCC1. The van der Waals surface area contributed by atoms with Crippen LogP contribution in [-0.2, 0) is 14.8 Å². The van der Waals surface area contributed by atoms with E-state index in [2.05, 4.69) is 4.98 Å². The van der Waals surface area contributed by atoms with Crippen LogP contribution in [0.2, 0.25) is 0 Å². The van der Waals surface area contributed by atoms with E-state index in [1.807, 2.05) is 9.80 Å². The van der Waals surface area contributed by atoms with Crippen molar-refractivity contribution in [2.45, 2.75) is 62.7 Å². The van der Waals surface area contributed by atoms with E-state index in [1.165, 1.54) is 16.6 Å². The van der Waals surface area contributed by atoms with Crippen LogP contribution < -0.4 is 0 Å². The van der Waals surface area contributed by atoms with E-state index in [0.29, 0.717) is 31.7 Å². The molecule has 1 aromatic rings. The number of aromatic nitrogens is 1. The topological polar surface area (TPSA) is 93.8 Å². The maximum atomic E-state index is 13.3. The van der Waals surface area contributed by atoms with Gasteiger partial charge in [-0.25, -0.2) is 8.42 Å². The average molecular weight is 451 g/mol. The van der Waals surface area contributed by atoms with Gasteiger partial charge in [0.1, 0.15) is 10.6 Å². The number of nitrogens with zero attached hydrogens (tertiary/aromatic N) is 3. The lowest BCUT2D eigenvalue weighted by Crippen LogP contribution is -2.47. The first-order valence-electron chi connectivity index (χ1n) is 11.7. The summed E-state index contributed by atoms with van der Waals surface area (Å²) in [6, 6.07) is 1.46. The molecule has 4 rings (SSSR count). The van der Waals surface area contributed by atoms with Gasteiger partial charge >= 0.3 is 0 Å². The van der Waals surface area contributed by atoms with Crippen LogP contribution in [0.4, 0.5) is 0 Å². The van der Waals surface area contributed by atoms with Crippen LogP contribution in [0, 0.1) is 5.92 Å². The number of amides is 2. The summed E-state index contributed by atoms with van der Waals surface area (Å²) >= 11 is 0. The minimum atomic E-state index is -3.75. The summed E-state index contributed by atoms with van der Waals surface area (Å²) in [6.07, 6.45) is 10.2. The number of carbonyl (C=O) groups excluding carboxylic acids is 2. The number of rotatable bonds is 4. The maximum Gasteiger partial charge on any atom is 0.270 e. The van der Waals surface area contributed by atoms with E-state index in [4.69, 9.17) is 0 Å². The van der Waals surface area contributed by atoms with Crippen molar-refractivity contribution >= 4 is 21.8 Å². The fraction of sp³-hybridized carbons (Fsp3) is 0.727. The summed E-state index contributed by atoms with van der Waals surface area (Å²) in [5, 5.41) is 0. The molecule has 9 heteroatoms. The molecule has 3 aliphatic rings. The number of likely N-dealkylation sites (tertiary alicyclic amines) is 2. The van der Waals surface area contributed by atoms with Crippen LogP contribution in [-0.4, -0.2) is 78.6 Å². The molecular weight excluding hydrogens is 416 g/mol. The van der Waals surface area contributed by atoms with Crippen LogP contribution in [0.15, 0.2) is 17.2 Å². The van der Waals surface area contributed by atoms with Gasteiger partial charge in [0.25, 0.3) is 5.91 Å². The zero-order chi connectivity index (χ0) is 21.8. The monoisotopic (exact) mass is 450 g/mol. The Labute approximate surface area is 185 Å². The number of sulfonamides is 1. The number of piperidine rings is 2. The third-order valence-electron chi connectivity index (χ3n) is 6.82. The highest BCUT2D eigenvalue weighted by molar-refractivity contribution is 7.89. The fourth-order valence-corrected chi connectivity index (χ4v) is 6.49. The van der Waals surface area contributed by atoms with Crippen molar-refractivity contribution in [1.29, 1.82) is 0 Å². The van der Waals surface area contributed by atoms with Gasteiger partial charge in [-0.3, -0.25) is 9.59 Å². The molecule has 0 aromatic carbocycles. The van der Waals surface area contributed by atoms with Gasteiger partial charge in [0.2, 0.25) is 15.9 Å². The van der Waals surface area contributed by atoms with E-state index in [9.17, 15) is 18.0 Å². The van der Waals surface area contributed by atoms with Gasteiger partial charge in [-0.15, -0.1) is 0 Å². The van der Waals surface area contributed by atoms with Crippen molar-refractivity contribution in [2.75, 3.05) is 39.3 Å². The maximum absolute atomic E-state index is 13.3. The lowest BCUT2D eigenvalue weighted by molar-refractivity contribution is -0.137. The highest BCUT2D eigenvalue weighted by atomic mass is 32.2. The Bertz CT molecular complexity index is 883. The number of aromatic amines is 1. The molecule has 1 unspecified atom stereocenters. The summed E-state index contributed by atoms with van der Waals surface area (Å²) in [7, 11) is -3.75. The summed E-state index contributed by atoms with van der Waals surface area (Å²) < 4.78 is 27.9. The van der Waals surface area contributed by atoms with Crippen LogP contribution in [0.25, 0.3) is 0 Å². The van der Waals surface area contributed by atoms with Crippen molar-refractivity contribution in [3.63, 3.8) is 0 Å². The summed E-state index contributed by atoms with van der Waals surface area (Å²) in [6.45, 7) is 3.62. The molecule has 0 saturated carbocycles. The number of hydrogen-bond acceptors (Lipinski definition) is 4. The van der Waals surface area contributed by atoms with E-state index in [1.54, 1.807) is 0 Å². The Morgan fingerprint density at radius 3 is 2.13 bits per heavy atom. The van der Waals surface area contributed by atoms with Crippen molar-refractivity contribution in [3.8, 4) is 0 Å². The van der Waals surface area contributed by atoms with Gasteiger partial charge in [0.05, 0.1) is 5.92 Å². The molecule has 1 N–H and O–H groups in total. The minimum Gasteiger partial charge on any atom is -0.356 e. The van der Waals surface area contributed by atoms with E-state index in [0.717, 1.165) is 64.5 Å². The second-order valence-corrected chi connectivity index (χ2v) is 11.0. The van der Waals surface area contributed by atoms with Crippen LogP contribution in [0.1, 0.15) is 68.3 Å². The quantitative estimate of drug-likeness (QED) is 0.762. The first-order chi connectivity index (χ1) is 15.0. The van der Waals surface area contributed by atoms with Crippen molar-refractivity contribution < 1.29 is 18.0 Å². The Balaban J connectivity index is 1.44. The molecule has 0 bridgehead atoms. The predicted octanol–water partition coefficient (Wildman–Crippen LogP) is 2.44. The Hall–Kier alpha value is -1.87. The van der Waals surface area contributed by atoms with E-state index < -0.39 is 10.0 Å². The first-order valence-corrected chi connectivity index (χ1v) is 13.2. The third kappa shape index (κ3) is 4.98. The summed E-state index contributed by atoms with van der Waals surface area (Å²) in [5.41, 5.74) is 0.318.